The minimum Gasteiger partial charge on any atom is -0.316 e. The van der Waals surface area contributed by atoms with Crippen molar-refractivity contribution in [2.24, 2.45) is 12.5 Å². The Morgan fingerprint density at radius 1 is 1.33 bits per heavy atom. The van der Waals surface area contributed by atoms with E-state index in [0.29, 0.717) is 13.1 Å². The summed E-state index contributed by atoms with van der Waals surface area (Å²) >= 11 is 3.19. The van der Waals surface area contributed by atoms with E-state index in [9.17, 15) is 8.42 Å². The zero-order valence-corrected chi connectivity index (χ0v) is 14.5. The van der Waals surface area contributed by atoms with Crippen molar-refractivity contribution >= 4 is 26.0 Å². The van der Waals surface area contributed by atoms with Crippen molar-refractivity contribution in [3.05, 3.63) is 4.60 Å². The van der Waals surface area contributed by atoms with Gasteiger partial charge in [0.05, 0.1) is 0 Å². The molecular formula is C12H20BrN5O2S. The maximum Gasteiger partial charge on any atom is 0.263 e. The SMILES string of the molecule is Cn1nnc(Br)c1S(=O)(=O)N1CCCC2(CCCNC2)C1. The molecule has 3 heterocycles. The topological polar surface area (TPSA) is 80.1 Å². The van der Waals surface area contributed by atoms with E-state index in [4.69, 9.17) is 0 Å². The van der Waals surface area contributed by atoms with E-state index in [1.807, 2.05) is 0 Å². The monoisotopic (exact) mass is 377 g/mol. The van der Waals surface area contributed by atoms with Crippen LogP contribution in [0.1, 0.15) is 25.7 Å². The van der Waals surface area contributed by atoms with E-state index in [1.165, 1.54) is 4.68 Å². The zero-order valence-electron chi connectivity index (χ0n) is 12.0. The lowest BCUT2D eigenvalue weighted by Gasteiger charge is -2.44. The van der Waals surface area contributed by atoms with Crippen molar-refractivity contribution in [1.29, 1.82) is 0 Å². The highest BCUT2D eigenvalue weighted by Crippen LogP contribution is 2.38. The number of hydrogen-bond acceptors (Lipinski definition) is 5. The average molecular weight is 378 g/mol. The van der Waals surface area contributed by atoms with Gasteiger partial charge < -0.3 is 5.32 Å². The Kier molecular flexibility index (Phi) is 4.10. The highest BCUT2D eigenvalue weighted by atomic mass is 79.9. The average Bonchev–Trinajstić information content (AvgIpc) is 2.79. The van der Waals surface area contributed by atoms with Crippen molar-refractivity contribution in [3.8, 4) is 0 Å². The highest BCUT2D eigenvalue weighted by Gasteiger charge is 2.42. The first-order valence-electron chi connectivity index (χ1n) is 7.21. The summed E-state index contributed by atoms with van der Waals surface area (Å²) < 4.78 is 29.0. The molecule has 0 saturated carbocycles. The smallest absolute Gasteiger partial charge is 0.263 e. The third-order valence-electron chi connectivity index (χ3n) is 4.51. The van der Waals surface area contributed by atoms with Crippen LogP contribution in [0.25, 0.3) is 0 Å². The van der Waals surface area contributed by atoms with Gasteiger partial charge in [-0.1, -0.05) is 5.21 Å². The van der Waals surface area contributed by atoms with Gasteiger partial charge in [0.2, 0.25) is 5.03 Å². The number of hydrogen-bond donors (Lipinski definition) is 1. The molecule has 1 aromatic heterocycles. The third-order valence-corrected chi connectivity index (χ3v) is 7.24. The van der Waals surface area contributed by atoms with Gasteiger partial charge in [0, 0.05) is 26.7 Å². The first kappa shape index (κ1) is 15.4. The number of aromatic nitrogens is 3. The summed E-state index contributed by atoms with van der Waals surface area (Å²) in [5.41, 5.74) is 0.0854. The fourth-order valence-corrected chi connectivity index (χ4v) is 6.09. The van der Waals surface area contributed by atoms with Crippen LogP contribution in [0.2, 0.25) is 0 Å². The molecule has 118 valence electrons. The second-order valence-electron chi connectivity index (χ2n) is 6.03. The van der Waals surface area contributed by atoms with Gasteiger partial charge in [-0.3, -0.25) is 0 Å². The summed E-state index contributed by atoms with van der Waals surface area (Å²) in [6, 6.07) is 0. The lowest BCUT2D eigenvalue weighted by molar-refractivity contribution is 0.110. The summed E-state index contributed by atoms with van der Waals surface area (Å²) in [7, 11) is -1.96. The Labute approximate surface area is 133 Å². The molecule has 2 saturated heterocycles. The summed E-state index contributed by atoms with van der Waals surface area (Å²) in [6.07, 6.45) is 4.21. The third kappa shape index (κ3) is 2.76. The van der Waals surface area contributed by atoms with Crippen LogP contribution in [0.15, 0.2) is 9.63 Å². The minimum atomic E-state index is -3.56. The van der Waals surface area contributed by atoms with Gasteiger partial charge in [-0.2, -0.15) is 4.31 Å². The lowest BCUT2D eigenvalue weighted by atomic mass is 9.75. The first-order chi connectivity index (χ1) is 9.95. The van der Waals surface area contributed by atoms with E-state index < -0.39 is 10.0 Å². The molecule has 2 fully saturated rings. The molecule has 1 spiro atoms. The van der Waals surface area contributed by atoms with Crippen LogP contribution in [0.4, 0.5) is 0 Å². The first-order valence-corrected chi connectivity index (χ1v) is 9.44. The van der Waals surface area contributed by atoms with E-state index in [0.717, 1.165) is 38.8 Å². The summed E-state index contributed by atoms with van der Waals surface area (Å²) in [5, 5.41) is 11.1. The predicted octanol–water partition coefficient (Wildman–Crippen LogP) is 0.732. The van der Waals surface area contributed by atoms with Crippen molar-refractivity contribution in [3.63, 3.8) is 0 Å². The molecule has 1 atom stereocenters. The van der Waals surface area contributed by atoms with Crippen molar-refractivity contribution in [1.82, 2.24) is 24.6 Å². The number of nitrogens with zero attached hydrogens (tertiary/aromatic N) is 4. The van der Waals surface area contributed by atoms with E-state index >= 15 is 0 Å². The summed E-state index contributed by atoms with van der Waals surface area (Å²) in [6.45, 7) is 3.09. The maximum absolute atomic E-state index is 12.9. The molecular weight excluding hydrogens is 358 g/mol. The second kappa shape index (κ2) is 5.60. The predicted molar refractivity (Wildman–Crippen MR) is 81.2 cm³/mol. The number of halogens is 1. The normalized spacial score (nSPS) is 28.1. The van der Waals surface area contributed by atoms with Crippen molar-refractivity contribution in [2.75, 3.05) is 26.2 Å². The van der Waals surface area contributed by atoms with Crippen LogP contribution in [0, 0.1) is 5.41 Å². The van der Waals surface area contributed by atoms with E-state index in [1.54, 1.807) is 11.4 Å². The molecule has 0 radical (unpaired) electrons. The Bertz CT molecular complexity index is 599. The molecule has 1 unspecified atom stereocenters. The van der Waals surface area contributed by atoms with Gasteiger partial charge in [0.1, 0.15) is 0 Å². The van der Waals surface area contributed by atoms with Crippen LogP contribution in [-0.2, 0) is 17.1 Å². The summed E-state index contributed by atoms with van der Waals surface area (Å²) in [5.74, 6) is 0. The Balaban J connectivity index is 1.89. The number of piperidine rings is 2. The van der Waals surface area contributed by atoms with Gasteiger partial charge in [-0.05, 0) is 53.6 Å². The van der Waals surface area contributed by atoms with Gasteiger partial charge >= 0.3 is 0 Å². The van der Waals surface area contributed by atoms with Gasteiger partial charge in [-0.25, -0.2) is 13.1 Å². The Hall–Kier alpha value is -0.510. The molecule has 0 aromatic carbocycles. The largest absolute Gasteiger partial charge is 0.316 e. The Morgan fingerprint density at radius 2 is 2.10 bits per heavy atom. The van der Waals surface area contributed by atoms with E-state index in [-0.39, 0.29) is 15.0 Å². The molecule has 3 rings (SSSR count). The van der Waals surface area contributed by atoms with E-state index in [2.05, 4.69) is 31.6 Å². The maximum atomic E-state index is 12.9. The Morgan fingerprint density at radius 3 is 2.71 bits per heavy atom. The van der Waals surface area contributed by atoms with Crippen LogP contribution < -0.4 is 5.32 Å². The molecule has 1 aromatic rings. The summed E-state index contributed by atoms with van der Waals surface area (Å²) in [4.78, 5) is 0. The minimum absolute atomic E-state index is 0.0854. The van der Waals surface area contributed by atoms with Gasteiger partial charge in [-0.15, -0.1) is 5.10 Å². The zero-order chi connectivity index (χ0) is 15.1. The highest BCUT2D eigenvalue weighted by molar-refractivity contribution is 9.10. The molecule has 2 aliphatic heterocycles. The standard InChI is InChI=1S/C12H20BrN5O2S/c1-17-11(10(13)15-16-17)21(19,20)18-7-3-5-12(9-18)4-2-6-14-8-12/h14H,2-9H2,1H3. The molecule has 0 bridgehead atoms. The van der Waals surface area contributed by atoms with Gasteiger partial charge in [0.15, 0.2) is 4.60 Å². The van der Waals surface area contributed by atoms with Crippen LogP contribution >= 0.6 is 15.9 Å². The number of aryl methyl sites for hydroxylation is 1. The lowest BCUT2D eigenvalue weighted by Crippen LogP contribution is -2.52. The van der Waals surface area contributed by atoms with Crippen LogP contribution in [0.3, 0.4) is 0 Å². The van der Waals surface area contributed by atoms with Crippen LogP contribution in [-0.4, -0.2) is 53.9 Å². The molecule has 7 nitrogen and oxygen atoms in total. The second-order valence-corrected chi connectivity index (χ2v) is 8.64. The molecule has 0 amide bonds. The fourth-order valence-electron chi connectivity index (χ4n) is 3.47. The quantitative estimate of drug-likeness (QED) is 0.821. The number of rotatable bonds is 2. The molecule has 0 aliphatic carbocycles. The molecule has 1 N–H and O–H groups in total. The van der Waals surface area contributed by atoms with Crippen LogP contribution in [0.5, 0.6) is 0 Å². The molecule has 2 aliphatic rings. The molecule has 9 heteroatoms. The fraction of sp³-hybridized carbons (Fsp3) is 0.833. The number of sulfonamides is 1. The molecule has 21 heavy (non-hydrogen) atoms. The van der Waals surface area contributed by atoms with Crippen molar-refractivity contribution in [2.45, 2.75) is 30.7 Å². The van der Waals surface area contributed by atoms with Crippen molar-refractivity contribution < 1.29 is 8.42 Å². The van der Waals surface area contributed by atoms with Gasteiger partial charge in [0.25, 0.3) is 10.0 Å². The number of nitrogens with one attached hydrogen (secondary N) is 1.